The van der Waals surface area contributed by atoms with E-state index in [2.05, 4.69) is 10.3 Å². The van der Waals surface area contributed by atoms with Gasteiger partial charge in [-0.05, 0) is 36.2 Å². The average molecular weight is 362 g/mol. The van der Waals surface area contributed by atoms with Gasteiger partial charge in [0.1, 0.15) is 0 Å². The van der Waals surface area contributed by atoms with Gasteiger partial charge in [0, 0.05) is 22.5 Å². The Balaban J connectivity index is 1.67. The summed E-state index contributed by atoms with van der Waals surface area (Å²) < 4.78 is 10.9. The number of pyridine rings is 1. The molecule has 27 heavy (non-hydrogen) atoms. The molecule has 0 unspecified atom stereocenters. The molecule has 0 saturated heterocycles. The Labute approximate surface area is 154 Å². The predicted molar refractivity (Wildman–Crippen MR) is 105 cm³/mol. The molecular formula is C21H18N2O4. The number of amides is 1. The molecule has 2 N–H and O–H groups in total. The molecule has 2 aromatic heterocycles. The minimum Gasteiger partial charge on any atom is -0.493 e. The molecule has 2 aromatic carbocycles. The van der Waals surface area contributed by atoms with Crippen LogP contribution in [0.25, 0.3) is 21.9 Å². The first-order valence-corrected chi connectivity index (χ1v) is 8.63. The first-order chi connectivity index (χ1) is 13.1. The van der Waals surface area contributed by atoms with E-state index in [0.717, 1.165) is 22.8 Å². The van der Waals surface area contributed by atoms with E-state index >= 15 is 0 Å². The summed E-state index contributed by atoms with van der Waals surface area (Å²) in [6.07, 6.45) is 0.757. The van der Waals surface area contributed by atoms with E-state index in [1.54, 1.807) is 37.4 Å². The Hall–Kier alpha value is -3.54. The zero-order valence-electron chi connectivity index (χ0n) is 15.0. The lowest BCUT2D eigenvalue weighted by Crippen LogP contribution is -2.11. The molecule has 1 amide bonds. The molecule has 0 spiro atoms. The summed E-state index contributed by atoms with van der Waals surface area (Å²) in [5.41, 5.74) is 2.59. The van der Waals surface area contributed by atoms with Crippen LogP contribution >= 0.6 is 0 Å². The van der Waals surface area contributed by atoms with Crippen LogP contribution in [0.4, 0.5) is 5.69 Å². The molecule has 6 nitrogen and oxygen atoms in total. The summed E-state index contributed by atoms with van der Waals surface area (Å²) >= 11 is 0. The van der Waals surface area contributed by atoms with Crippen LogP contribution in [0.15, 0.2) is 57.7 Å². The maximum Gasteiger partial charge on any atom is 0.291 e. The van der Waals surface area contributed by atoms with E-state index in [1.807, 2.05) is 25.1 Å². The number of ether oxygens (including phenoxy) is 1. The van der Waals surface area contributed by atoms with E-state index in [4.69, 9.17) is 9.15 Å². The molecule has 0 bridgehead atoms. The minimum atomic E-state index is -0.374. The Morgan fingerprint density at radius 3 is 2.81 bits per heavy atom. The van der Waals surface area contributed by atoms with Crippen LogP contribution < -0.4 is 15.6 Å². The number of carbonyl (C=O) groups is 1. The van der Waals surface area contributed by atoms with Crippen molar-refractivity contribution in [1.29, 1.82) is 0 Å². The van der Waals surface area contributed by atoms with Gasteiger partial charge in [0.05, 0.1) is 12.6 Å². The molecule has 0 atom stereocenters. The standard InChI is InChI=1S/C21H18N2O4/c1-3-12-10-19(24)23-16-11-14(7-8-15(12)16)22-21(25)18-9-13-5-4-6-17(26-2)20(13)27-18/h4-11H,3H2,1-2H3,(H,22,25)(H,23,24). The van der Waals surface area contributed by atoms with Crippen LogP contribution in [0.3, 0.4) is 0 Å². The van der Waals surface area contributed by atoms with Gasteiger partial charge in [-0.15, -0.1) is 0 Å². The number of furan rings is 1. The number of anilines is 1. The van der Waals surface area contributed by atoms with Crippen LogP contribution in [0.5, 0.6) is 5.75 Å². The van der Waals surface area contributed by atoms with Crippen LogP contribution in [0.2, 0.25) is 0 Å². The topological polar surface area (TPSA) is 84.3 Å². The van der Waals surface area contributed by atoms with E-state index in [-0.39, 0.29) is 17.2 Å². The summed E-state index contributed by atoms with van der Waals surface area (Å²) in [5.74, 6) is 0.383. The van der Waals surface area contributed by atoms with Crippen LogP contribution in [-0.4, -0.2) is 18.0 Å². The van der Waals surface area contributed by atoms with E-state index in [9.17, 15) is 9.59 Å². The summed E-state index contributed by atoms with van der Waals surface area (Å²) in [6, 6.07) is 14.2. The summed E-state index contributed by atoms with van der Waals surface area (Å²) in [4.78, 5) is 27.2. The monoisotopic (exact) mass is 362 g/mol. The molecule has 6 heteroatoms. The number of benzene rings is 2. The Bertz CT molecular complexity index is 1220. The van der Waals surface area contributed by atoms with Gasteiger partial charge in [-0.2, -0.15) is 0 Å². The molecule has 2 heterocycles. The number of aromatic nitrogens is 1. The van der Waals surface area contributed by atoms with Crippen molar-refractivity contribution < 1.29 is 13.9 Å². The first kappa shape index (κ1) is 16.9. The second-order valence-electron chi connectivity index (χ2n) is 6.22. The molecular weight excluding hydrogens is 344 g/mol. The highest BCUT2D eigenvalue weighted by molar-refractivity contribution is 6.05. The summed E-state index contributed by atoms with van der Waals surface area (Å²) in [5, 5.41) is 4.56. The van der Waals surface area contributed by atoms with Crippen molar-refractivity contribution in [2.45, 2.75) is 13.3 Å². The van der Waals surface area contributed by atoms with Crippen LogP contribution in [0.1, 0.15) is 23.0 Å². The molecule has 4 aromatic rings. The number of methoxy groups -OCH3 is 1. The number of rotatable bonds is 4. The van der Waals surface area contributed by atoms with Gasteiger partial charge in [0.15, 0.2) is 17.1 Å². The third-order valence-electron chi connectivity index (χ3n) is 4.52. The molecule has 4 rings (SSSR count). The first-order valence-electron chi connectivity index (χ1n) is 8.63. The molecule has 0 aliphatic carbocycles. The predicted octanol–water partition coefficient (Wildman–Crippen LogP) is 4.10. The number of aryl methyl sites for hydroxylation is 1. The number of carbonyl (C=O) groups excluding carboxylic acids is 1. The highest BCUT2D eigenvalue weighted by Gasteiger charge is 2.15. The van der Waals surface area contributed by atoms with Crippen LogP contribution in [0, 0.1) is 0 Å². The van der Waals surface area contributed by atoms with Gasteiger partial charge in [0.2, 0.25) is 5.56 Å². The fourth-order valence-corrected chi connectivity index (χ4v) is 3.20. The van der Waals surface area contributed by atoms with E-state index in [0.29, 0.717) is 22.5 Å². The van der Waals surface area contributed by atoms with Crippen LogP contribution in [-0.2, 0) is 6.42 Å². The number of para-hydroxylation sites is 1. The van der Waals surface area contributed by atoms with Gasteiger partial charge in [0.25, 0.3) is 5.91 Å². The van der Waals surface area contributed by atoms with Crippen molar-refractivity contribution in [3.8, 4) is 5.75 Å². The second-order valence-corrected chi connectivity index (χ2v) is 6.22. The lowest BCUT2D eigenvalue weighted by Gasteiger charge is -2.07. The maximum atomic E-state index is 12.6. The lowest BCUT2D eigenvalue weighted by atomic mass is 10.1. The number of H-pyrrole nitrogens is 1. The molecule has 0 aliphatic rings. The maximum absolute atomic E-state index is 12.6. The summed E-state index contributed by atoms with van der Waals surface area (Å²) in [6.45, 7) is 2.00. The molecule has 136 valence electrons. The number of nitrogens with one attached hydrogen (secondary N) is 2. The van der Waals surface area contributed by atoms with E-state index < -0.39 is 0 Å². The normalized spacial score (nSPS) is 11.0. The van der Waals surface area contributed by atoms with Crippen molar-refractivity contribution >= 4 is 33.5 Å². The van der Waals surface area contributed by atoms with Crippen molar-refractivity contribution in [3.05, 3.63) is 70.2 Å². The van der Waals surface area contributed by atoms with Gasteiger partial charge in [-0.1, -0.05) is 25.1 Å². The number of aromatic amines is 1. The highest BCUT2D eigenvalue weighted by Crippen LogP contribution is 2.29. The fraction of sp³-hybridized carbons (Fsp3) is 0.143. The lowest BCUT2D eigenvalue weighted by molar-refractivity contribution is 0.0998. The highest BCUT2D eigenvalue weighted by atomic mass is 16.5. The smallest absolute Gasteiger partial charge is 0.291 e. The minimum absolute atomic E-state index is 0.160. The largest absolute Gasteiger partial charge is 0.493 e. The Morgan fingerprint density at radius 1 is 1.19 bits per heavy atom. The SMILES string of the molecule is CCc1cc(=O)[nH]c2cc(NC(=O)c3cc4cccc(OC)c4o3)ccc12. The van der Waals surface area contributed by atoms with Crippen molar-refractivity contribution in [1.82, 2.24) is 4.98 Å². The number of hydrogen-bond donors (Lipinski definition) is 2. The molecule has 0 saturated carbocycles. The Kier molecular flexibility index (Phi) is 4.16. The average Bonchev–Trinajstić information content (AvgIpc) is 3.11. The Morgan fingerprint density at radius 2 is 2.04 bits per heavy atom. The van der Waals surface area contributed by atoms with Gasteiger partial charge in [-0.3, -0.25) is 9.59 Å². The zero-order chi connectivity index (χ0) is 19.0. The van der Waals surface area contributed by atoms with Crippen molar-refractivity contribution in [3.63, 3.8) is 0 Å². The molecule has 0 radical (unpaired) electrons. The fourth-order valence-electron chi connectivity index (χ4n) is 3.20. The molecule has 0 fully saturated rings. The van der Waals surface area contributed by atoms with Gasteiger partial charge >= 0.3 is 0 Å². The zero-order valence-corrected chi connectivity index (χ0v) is 15.0. The quantitative estimate of drug-likeness (QED) is 0.572. The third kappa shape index (κ3) is 3.06. The van der Waals surface area contributed by atoms with Gasteiger partial charge in [-0.25, -0.2) is 0 Å². The van der Waals surface area contributed by atoms with E-state index in [1.165, 1.54) is 0 Å². The van der Waals surface area contributed by atoms with Gasteiger partial charge < -0.3 is 19.5 Å². The summed E-state index contributed by atoms with van der Waals surface area (Å²) in [7, 11) is 1.55. The van der Waals surface area contributed by atoms with Crippen molar-refractivity contribution in [2.75, 3.05) is 12.4 Å². The van der Waals surface area contributed by atoms with Crippen molar-refractivity contribution in [2.24, 2.45) is 0 Å². The molecule has 0 aliphatic heterocycles. The number of hydrogen-bond acceptors (Lipinski definition) is 4. The second kappa shape index (κ2) is 6.64. The number of fused-ring (bicyclic) bond motifs is 2. The third-order valence-corrected chi connectivity index (χ3v) is 4.52.